The Kier molecular flexibility index (Phi) is 5.56. The summed E-state index contributed by atoms with van der Waals surface area (Å²) in [5, 5.41) is 0. The van der Waals surface area contributed by atoms with Crippen molar-refractivity contribution in [3.8, 4) is 0 Å². The van der Waals surface area contributed by atoms with Gasteiger partial charge >= 0.3 is 0 Å². The first-order chi connectivity index (χ1) is 11.5. The van der Waals surface area contributed by atoms with Gasteiger partial charge in [-0.2, -0.15) is 0 Å². The lowest BCUT2D eigenvalue weighted by Crippen LogP contribution is -2.40. The van der Waals surface area contributed by atoms with Crippen LogP contribution in [0.2, 0.25) is 0 Å². The standard InChI is InChI=1S/C18H26N2O3S/c21-18-12-16(13-20(18)17-10-6-1-2-7-11-17)19-24(22,23)14-15-8-4-3-5-9-15/h3-5,8-9,16-17,19H,1-2,6-7,10-14H2. The lowest BCUT2D eigenvalue weighted by molar-refractivity contribution is -0.129. The van der Waals surface area contributed by atoms with Crippen LogP contribution >= 0.6 is 0 Å². The zero-order valence-electron chi connectivity index (χ0n) is 14.0. The van der Waals surface area contributed by atoms with E-state index in [0.717, 1.165) is 18.4 Å². The monoisotopic (exact) mass is 350 g/mol. The third-order valence-electron chi connectivity index (χ3n) is 4.97. The zero-order valence-corrected chi connectivity index (χ0v) is 14.8. The summed E-state index contributed by atoms with van der Waals surface area (Å²) < 4.78 is 27.4. The topological polar surface area (TPSA) is 66.5 Å². The van der Waals surface area contributed by atoms with Crippen molar-refractivity contribution in [3.63, 3.8) is 0 Å². The van der Waals surface area contributed by atoms with Gasteiger partial charge in [-0.05, 0) is 18.4 Å². The Morgan fingerprint density at radius 1 is 1.04 bits per heavy atom. The van der Waals surface area contributed by atoms with Crippen LogP contribution < -0.4 is 4.72 Å². The molecule has 1 unspecified atom stereocenters. The molecule has 1 aromatic carbocycles. The molecule has 0 aromatic heterocycles. The van der Waals surface area contributed by atoms with Crippen molar-refractivity contribution >= 4 is 15.9 Å². The van der Waals surface area contributed by atoms with Gasteiger partial charge in [0.15, 0.2) is 0 Å². The second-order valence-electron chi connectivity index (χ2n) is 6.96. The molecule has 3 rings (SSSR count). The molecule has 1 aromatic rings. The molecule has 132 valence electrons. The number of likely N-dealkylation sites (tertiary alicyclic amines) is 1. The number of carbonyl (C=O) groups excluding carboxylic acids is 1. The number of sulfonamides is 1. The van der Waals surface area contributed by atoms with E-state index in [1.54, 1.807) is 12.1 Å². The number of carbonyl (C=O) groups is 1. The Hall–Kier alpha value is -1.40. The second-order valence-corrected chi connectivity index (χ2v) is 8.71. The first kappa shape index (κ1) is 17.4. The predicted octanol–water partition coefficient (Wildman–Crippen LogP) is 2.43. The van der Waals surface area contributed by atoms with Crippen LogP contribution in [0.3, 0.4) is 0 Å². The van der Waals surface area contributed by atoms with Gasteiger partial charge in [-0.1, -0.05) is 56.0 Å². The van der Waals surface area contributed by atoms with Crippen LogP contribution in [0.5, 0.6) is 0 Å². The van der Waals surface area contributed by atoms with E-state index >= 15 is 0 Å². The molecule has 2 fully saturated rings. The van der Waals surface area contributed by atoms with E-state index < -0.39 is 10.0 Å². The van der Waals surface area contributed by atoms with Gasteiger partial charge in [0.05, 0.1) is 5.75 Å². The van der Waals surface area contributed by atoms with Crippen molar-refractivity contribution in [1.29, 1.82) is 0 Å². The number of rotatable bonds is 5. The van der Waals surface area contributed by atoms with Crippen LogP contribution in [0.25, 0.3) is 0 Å². The van der Waals surface area contributed by atoms with Crippen molar-refractivity contribution in [3.05, 3.63) is 35.9 Å². The maximum atomic E-state index is 12.4. The van der Waals surface area contributed by atoms with Gasteiger partial charge in [-0.3, -0.25) is 4.79 Å². The van der Waals surface area contributed by atoms with Crippen LogP contribution in [-0.4, -0.2) is 37.9 Å². The highest BCUT2D eigenvalue weighted by Gasteiger charge is 2.36. The summed E-state index contributed by atoms with van der Waals surface area (Å²) >= 11 is 0. The highest BCUT2D eigenvalue weighted by Crippen LogP contribution is 2.26. The Balaban J connectivity index is 1.59. The Morgan fingerprint density at radius 2 is 1.71 bits per heavy atom. The average Bonchev–Trinajstić information content (AvgIpc) is 2.75. The maximum Gasteiger partial charge on any atom is 0.224 e. The molecule has 1 aliphatic heterocycles. The van der Waals surface area contributed by atoms with Gasteiger partial charge < -0.3 is 4.90 Å². The van der Waals surface area contributed by atoms with Gasteiger partial charge in [0.25, 0.3) is 0 Å². The summed E-state index contributed by atoms with van der Waals surface area (Å²) in [7, 11) is -3.43. The minimum Gasteiger partial charge on any atom is -0.338 e. The first-order valence-corrected chi connectivity index (χ1v) is 10.5. The summed E-state index contributed by atoms with van der Waals surface area (Å²) in [5.74, 6) is 0.0522. The molecule has 1 atom stereocenters. The fourth-order valence-electron chi connectivity index (χ4n) is 3.82. The van der Waals surface area contributed by atoms with E-state index in [1.165, 1.54) is 25.7 Å². The molecule has 6 heteroatoms. The van der Waals surface area contributed by atoms with E-state index in [4.69, 9.17) is 0 Å². The van der Waals surface area contributed by atoms with Gasteiger partial charge in [0, 0.05) is 25.0 Å². The Labute approximate surface area is 144 Å². The van der Waals surface area contributed by atoms with Gasteiger partial charge in [0.1, 0.15) is 0 Å². The van der Waals surface area contributed by atoms with Crippen molar-refractivity contribution in [2.24, 2.45) is 0 Å². The smallest absolute Gasteiger partial charge is 0.224 e. The largest absolute Gasteiger partial charge is 0.338 e. The predicted molar refractivity (Wildman–Crippen MR) is 93.8 cm³/mol. The fourth-order valence-corrected chi connectivity index (χ4v) is 5.20. The van der Waals surface area contributed by atoms with Gasteiger partial charge in [-0.15, -0.1) is 0 Å². The van der Waals surface area contributed by atoms with Crippen LogP contribution in [0.15, 0.2) is 30.3 Å². The fraction of sp³-hybridized carbons (Fsp3) is 0.611. The molecule has 0 spiro atoms. The molecular weight excluding hydrogens is 324 g/mol. The minimum atomic E-state index is -3.43. The van der Waals surface area contributed by atoms with Crippen LogP contribution in [-0.2, 0) is 20.6 Å². The minimum absolute atomic E-state index is 0.0397. The van der Waals surface area contributed by atoms with Crippen molar-refractivity contribution < 1.29 is 13.2 Å². The molecule has 0 bridgehead atoms. The summed E-state index contributed by atoms with van der Waals surface area (Å²) in [4.78, 5) is 14.2. The van der Waals surface area contributed by atoms with E-state index in [0.29, 0.717) is 12.6 Å². The third-order valence-corrected chi connectivity index (χ3v) is 6.38. The summed E-state index contributed by atoms with van der Waals surface area (Å²) in [6, 6.07) is 9.13. The highest BCUT2D eigenvalue weighted by atomic mass is 32.2. The molecule has 1 aliphatic carbocycles. The zero-order chi connectivity index (χ0) is 17.0. The summed E-state index contributed by atoms with van der Waals surface area (Å²) in [5.41, 5.74) is 0.759. The average molecular weight is 350 g/mol. The summed E-state index contributed by atoms with van der Waals surface area (Å²) in [6.07, 6.45) is 7.20. The van der Waals surface area contributed by atoms with Crippen molar-refractivity contribution in [2.75, 3.05) is 6.54 Å². The molecule has 1 N–H and O–H groups in total. The first-order valence-electron chi connectivity index (χ1n) is 8.87. The van der Waals surface area contributed by atoms with E-state index in [1.807, 2.05) is 23.1 Å². The SMILES string of the molecule is O=C1CC(NS(=O)(=O)Cc2ccccc2)CN1C1CCCCCC1. The molecule has 1 heterocycles. The molecule has 0 radical (unpaired) electrons. The van der Waals surface area contributed by atoms with E-state index in [-0.39, 0.29) is 24.1 Å². The van der Waals surface area contributed by atoms with E-state index in [9.17, 15) is 13.2 Å². The number of amides is 1. The van der Waals surface area contributed by atoms with Crippen molar-refractivity contribution in [1.82, 2.24) is 9.62 Å². The maximum absolute atomic E-state index is 12.4. The number of hydrogen-bond acceptors (Lipinski definition) is 3. The second kappa shape index (κ2) is 7.66. The molecule has 1 saturated carbocycles. The normalized spacial score (nSPS) is 23.4. The quantitative estimate of drug-likeness (QED) is 0.830. The van der Waals surface area contributed by atoms with Crippen LogP contribution in [0.4, 0.5) is 0 Å². The van der Waals surface area contributed by atoms with Gasteiger partial charge in [-0.25, -0.2) is 13.1 Å². The number of nitrogens with one attached hydrogen (secondary N) is 1. The molecule has 24 heavy (non-hydrogen) atoms. The molecular formula is C18H26N2O3S. The highest BCUT2D eigenvalue weighted by molar-refractivity contribution is 7.88. The Morgan fingerprint density at radius 3 is 2.38 bits per heavy atom. The molecule has 1 amide bonds. The third kappa shape index (κ3) is 4.57. The number of benzene rings is 1. The molecule has 2 aliphatic rings. The van der Waals surface area contributed by atoms with Crippen LogP contribution in [0.1, 0.15) is 50.5 Å². The van der Waals surface area contributed by atoms with E-state index in [2.05, 4.69) is 4.72 Å². The number of hydrogen-bond donors (Lipinski definition) is 1. The number of nitrogens with zero attached hydrogens (tertiary/aromatic N) is 1. The molecule has 5 nitrogen and oxygen atoms in total. The van der Waals surface area contributed by atoms with Crippen molar-refractivity contribution in [2.45, 2.75) is 62.8 Å². The molecule has 1 saturated heterocycles. The lowest BCUT2D eigenvalue weighted by Gasteiger charge is -2.27. The lowest BCUT2D eigenvalue weighted by atomic mass is 10.1. The summed E-state index contributed by atoms with van der Waals surface area (Å²) in [6.45, 7) is 0.511. The van der Waals surface area contributed by atoms with Crippen LogP contribution in [0, 0.1) is 0 Å². The van der Waals surface area contributed by atoms with Gasteiger partial charge in [0.2, 0.25) is 15.9 Å². The Bertz CT molecular complexity index is 652.